The van der Waals surface area contributed by atoms with Crippen LogP contribution >= 0.6 is 0 Å². The number of methoxy groups -OCH3 is 1. The maximum atomic E-state index is 13.0. The first-order valence-electron chi connectivity index (χ1n) is 12.7. The second kappa shape index (κ2) is 13.0. The van der Waals surface area contributed by atoms with Gasteiger partial charge < -0.3 is 18.9 Å². The minimum atomic E-state index is -4.82. The highest BCUT2D eigenvalue weighted by molar-refractivity contribution is 7.97. The molecule has 4 rings (SSSR count). The molecule has 0 unspecified atom stereocenters. The van der Waals surface area contributed by atoms with Crippen molar-refractivity contribution in [1.29, 1.82) is 0 Å². The summed E-state index contributed by atoms with van der Waals surface area (Å²) >= 11 is 0. The van der Waals surface area contributed by atoms with Crippen LogP contribution in [0.3, 0.4) is 0 Å². The van der Waals surface area contributed by atoms with Crippen molar-refractivity contribution < 1.29 is 41.7 Å². The summed E-state index contributed by atoms with van der Waals surface area (Å²) in [7, 11) is 0.955. The average molecular weight is 598 g/mol. The molecular formula is C32H28F3O6S+. The van der Waals surface area contributed by atoms with Crippen molar-refractivity contribution in [3.8, 4) is 11.5 Å². The number of carbonyl (C=O) groups excluding carboxylic acids is 2. The fraction of sp³-hybridized carbons (Fsp3) is 0.188. The van der Waals surface area contributed by atoms with Gasteiger partial charge >= 0.3 is 18.3 Å². The molecule has 42 heavy (non-hydrogen) atoms. The van der Waals surface area contributed by atoms with E-state index in [1.807, 2.05) is 60.7 Å². The van der Waals surface area contributed by atoms with Gasteiger partial charge in [0, 0.05) is 6.07 Å². The maximum absolute atomic E-state index is 13.0. The molecule has 4 aromatic carbocycles. The number of hydrogen-bond donors (Lipinski definition) is 0. The lowest BCUT2D eigenvalue weighted by molar-refractivity contribution is -0.274. The molecule has 0 aliphatic carbocycles. The second-order valence-electron chi connectivity index (χ2n) is 9.43. The predicted octanol–water partition coefficient (Wildman–Crippen LogP) is 7.32. The summed E-state index contributed by atoms with van der Waals surface area (Å²) in [6.45, 7) is 2.47. The highest BCUT2D eigenvalue weighted by Gasteiger charge is 2.34. The van der Waals surface area contributed by atoms with Gasteiger partial charge in [0.2, 0.25) is 4.90 Å². The molecule has 0 atom stereocenters. The number of carbonyl (C=O) groups is 2. The largest absolute Gasteiger partial charge is 0.573 e. The molecule has 0 amide bonds. The molecule has 0 aromatic heterocycles. The van der Waals surface area contributed by atoms with E-state index in [-0.39, 0.29) is 5.56 Å². The molecule has 218 valence electrons. The van der Waals surface area contributed by atoms with Gasteiger partial charge in [-0.3, -0.25) is 0 Å². The van der Waals surface area contributed by atoms with Crippen LogP contribution in [-0.4, -0.2) is 32.0 Å². The molecule has 0 saturated carbocycles. The van der Waals surface area contributed by atoms with E-state index in [4.69, 9.17) is 14.2 Å². The van der Waals surface area contributed by atoms with Crippen LogP contribution in [0.4, 0.5) is 13.2 Å². The monoisotopic (exact) mass is 597 g/mol. The van der Waals surface area contributed by atoms with Gasteiger partial charge in [-0.25, -0.2) is 9.59 Å². The average Bonchev–Trinajstić information content (AvgIpc) is 2.96. The summed E-state index contributed by atoms with van der Waals surface area (Å²) in [5, 5.41) is 0. The fourth-order valence-corrected chi connectivity index (χ4v) is 6.34. The van der Waals surface area contributed by atoms with E-state index >= 15 is 0 Å². The summed E-state index contributed by atoms with van der Waals surface area (Å²) in [6.07, 6.45) is -4.82. The molecule has 0 bridgehead atoms. The molecule has 0 fully saturated rings. The van der Waals surface area contributed by atoms with E-state index in [2.05, 4.69) is 4.74 Å². The molecule has 10 heteroatoms. The van der Waals surface area contributed by atoms with Crippen molar-refractivity contribution in [2.24, 2.45) is 0 Å². The Bertz CT molecular complexity index is 1470. The molecule has 4 aromatic rings. The number of benzene rings is 4. The van der Waals surface area contributed by atoms with Gasteiger partial charge in [0.05, 0.1) is 12.7 Å². The van der Waals surface area contributed by atoms with Gasteiger partial charge in [-0.05, 0) is 67.9 Å². The van der Waals surface area contributed by atoms with Crippen molar-refractivity contribution in [2.45, 2.75) is 40.5 Å². The Labute approximate surface area is 244 Å². The molecule has 0 aliphatic rings. The van der Waals surface area contributed by atoms with Crippen LogP contribution in [0.15, 0.2) is 118 Å². The lowest BCUT2D eigenvalue weighted by atomic mass is 9.98. The van der Waals surface area contributed by atoms with E-state index in [0.29, 0.717) is 11.3 Å². The summed E-state index contributed by atoms with van der Waals surface area (Å²) < 4.78 is 57.6. The summed E-state index contributed by atoms with van der Waals surface area (Å²) in [5.74, 6) is -1.36. The lowest BCUT2D eigenvalue weighted by Gasteiger charge is -2.25. The Morgan fingerprint density at radius 1 is 0.786 bits per heavy atom. The van der Waals surface area contributed by atoms with Crippen molar-refractivity contribution in [2.75, 3.05) is 13.7 Å². The molecule has 0 aliphatic heterocycles. The van der Waals surface area contributed by atoms with Gasteiger partial charge in [-0.15, -0.1) is 13.2 Å². The van der Waals surface area contributed by atoms with Gasteiger partial charge in [0.25, 0.3) is 0 Å². The third kappa shape index (κ3) is 7.85. The third-order valence-electron chi connectivity index (χ3n) is 6.05. The van der Waals surface area contributed by atoms with E-state index < -0.39 is 47.2 Å². The second-order valence-corrected chi connectivity index (χ2v) is 11.4. The van der Waals surface area contributed by atoms with Gasteiger partial charge in [0.15, 0.2) is 22.1 Å². The van der Waals surface area contributed by atoms with E-state index in [0.717, 1.165) is 26.8 Å². The quantitative estimate of drug-likeness (QED) is 0.141. The zero-order chi connectivity index (χ0) is 30.3. The van der Waals surface area contributed by atoms with Crippen LogP contribution in [0.1, 0.15) is 29.8 Å². The van der Waals surface area contributed by atoms with E-state index in [1.165, 1.54) is 12.1 Å². The number of ether oxygens (including phenoxy) is 4. The van der Waals surface area contributed by atoms with Gasteiger partial charge in [-0.1, -0.05) is 48.5 Å². The maximum Gasteiger partial charge on any atom is 0.573 e. The number of alkyl halides is 3. The predicted molar refractivity (Wildman–Crippen MR) is 151 cm³/mol. The number of halogens is 3. The fourth-order valence-electron chi connectivity index (χ4n) is 4.11. The SMILES string of the molecule is COc1ccc(C(=O)OCC(=O)OC(C)(C)c2ccc(OC(F)(F)F)cc2)cc1[S+](c1ccccc1)c1ccccc1. The van der Waals surface area contributed by atoms with Crippen molar-refractivity contribution in [3.63, 3.8) is 0 Å². The van der Waals surface area contributed by atoms with Gasteiger partial charge in [0.1, 0.15) is 22.2 Å². The van der Waals surface area contributed by atoms with Crippen molar-refractivity contribution in [3.05, 3.63) is 114 Å². The van der Waals surface area contributed by atoms with Crippen molar-refractivity contribution >= 4 is 22.8 Å². The molecule has 0 heterocycles. The van der Waals surface area contributed by atoms with Crippen LogP contribution in [0.5, 0.6) is 11.5 Å². The molecule has 0 N–H and O–H groups in total. The topological polar surface area (TPSA) is 71.1 Å². The minimum absolute atomic E-state index is 0.225. The van der Waals surface area contributed by atoms with Crippen molar-refractivity contribution in [1.82, 2.24) is 0 Å². The summed E-state index contributed by atoms with van der Waals surface area (Å²) in [6, 6.07) is 29.6. The number of hydrogen-bond acceptors (Lipinski definition) is 6. The zero-order valence-electron chi connectivity index (χ0n) is 23.0. The van der Waals surface area contributed by atoms with Gasteiger partial charge in [-0.2, -0.15) is 0 Å². The van der Waals surface area contributed by atoms with Crippen LogP contribution < -0.4 is 9.47 Å². The first-order chi connectivity index (χ1) is 20.0. The Hall–Kier alpha value is -4.44. The molecule has 0 saturated heterocycles. The number of esters is 2. The Kier molecular flexibility index (Phi) is 9.47. The Balaban J connectivity index is 1.48. The first kappa shape index (κ1) is 30.5. The smallest absolute Gasteiger partial charge is 0.491 e. The van der Waals surface area contributed by atoms with Crippen LogP contribution in [0.2, 0.25) is 0 Å². The van der Waals surface area contributed by atoms with E-state index in [9.17, 15) is 22.8 Å². The standard InChI is InChI=1S/C32H28F3O6S/c1-31(2,23-15-17-24(18-16-23)40-32(33,34)35)41-29(36)21-39-30(37)22-14-19-27(38-3)28(20-22)42(25-10-6-4-7-11-25)26-12-8-5-9-13-26/h4-20H,21H2,1-3H3/q+1. The Morgan fingerprint density at radius 2 is 1.36 bits per heavy atom. The van der Waals surface area contributed by atoms with E-state index in [1.54, 1.807) is 39.2 Å². The lowest BCUT2D eigenvalue weighted by Crippen LogP contribution is -2.28. The minimum Gasteiger partial charge on any atom is -0.491 e. The van der Waals surface area contributed by atoms with Crippen LogP contribution in [0, 0.1) is 0 Å². The normalized spacial score (nSPS) is 11.6. The summed E-state index contributed by atoms with van der Waals surface area (Å²) in [5.41, 5.74) is -0.569. The first-order valence-corrected chi connectivity index (χ1v) is 14.0. The van der Waals surface area contributed by atoms with Crippen LogP contribution in [0.25, 0.3) is 0 Å². The molecular weight excluding hydrogens is 569 g/mol. The third-order valence-corrected chi connectivity index (χ3v) is 8.30. The van der Waals surface area contributed by atoms with Crippen LogP contribution in [-0.2, 0) is 30.8 Å². The number of rotatable bonds is 10. The highest BCUT2D eigenvalue weighted by atomic mass is 32.2. The highest BCUT2D eigenvalue weighted by Crippen LogP contribution is 2.37. The molecule has 0 spiro atoms. The molecule has 6 nitrogen and oxygen atoms in total. The zero-order valence-corrected chi connectivity index (χ0v) is 23.8. The Morgan fingerprint density at radius 3 is 1.88 bits per heavy atom. The summed E-state index contributed by atoms with van der Waals surface area (Å²) in [4.78, 5) is 28.4. The molecule has 0 radical (unpaired) electrons.